The number of hydrogen-bond donors (Lipinski definition) is 3. The van der Waals surface area contributed by atoms with Crippen LogP contribution in [0.15, 0.2) is 77.7 Å². The molecule has 42 heavy (non-hydrogen) atoms. The van der Waals surface area contributed by atoms with Crippen LogP contribution in [0.25, 0.3) is 16.6 Å². The number of hydrogen-bond acceptors (Lipinski definition) is 7. The first-order chi connectivity index (χ1) is 20.3. The van der Waals surface area contributed by atoms with Crippen molar-refractivity contribution in [3.05, 3.63) is 106 Å². The van der Waals surface area contributed by atoms with Crippen LogP contribution in [0.2, 0.25) is 0 Å². The van der Waals surface area contributed by atoms with Crippen LogP contribution >= 0.6 is 0 Å². The number of aryl methyl sites for hydroxylation is 1. The Hall–Kier alpha value is -5.16. The summed E-state index contributed by atoms with van der Waals surface area (Å²) in [5.41, 5.74) is 1.53. The van der Waals surface area contributed by atoms with Crippen molar-refractivity contribution in [1.82, 2.24) is 20.1 Å². The maximum Gasteiger partial charge on any atom is 0.284 e. The number of carbonyl (C=O) groups is 1. The summed E-state index contributed by atoms with van der Waals surface area (Å²) < 4.78 is 32.9. The number of pyridine rings is 1. The summed E-state index contributed by atoms with van der Waals surface area (Å²) in [5.74, 6) is 0.110. The highest BCUT2D eigenvalue weighted by atomic mass is 19.1. The molecule has 0 unspecified atom stereocenters. The third-order valence-electron chi connectivity index (χ3n) is 6.71. The number of aliphatic hydroxyl groups is 1. The molecule has 0 spiro atoms. The van der Waals surface area contributed by atoms with Gasteiger partial charge in [-0.05, 0) is 48.9 Å². The van der Waals surface area contributed by atoms with Gasteiger partial charge in [0, 0.05) is 36.3 Å². The number of nitrogens with one attached hydrogen (secondary N) is 2. The van der Waals surface area contributed by atoms with Crippen LogP contribution < -0.4 is 25.1 Å². The minimum absolute atomic E-state index is 0.0125. The molecule has 10 nitrogen and oxygen atoms in total. The number of para-hydroxylation sites is 1. The Labute approximate surface area is 240 Å². The van der Waals surface area contributed by atoms with E-state index >= 15 is 4.39 Å². The highest BCUT2D eigenvalue weighted by Gasteiger charge is 2.20. The van der Waals surface area contributed by atoms with Crippen molar-refractivity contribution in [3.63, 3.8) is 0 Å². The number of methoxy groups -OCH3 is 2. The molecule has 0 radical (unpaired) electrons. The number of rotatable bonds is 10. The average molecular weight is 573 g/mol. The molecular weight excluding hydrogens is 543 g/mol. The van der Waals surface area contributed by atoms with Crippen molar-refractivity contribution >= 4 is 16.8 Å². The van der Waals surface area contributed by atoms with Crippen molar-refractivity contribution in [1.29, 1.82) is 0 Å². The molecule has 5 aromatic rings. The summed E-state index contributed by atoms with van der Waals surface area (Å²) in [5, 5.41) is 16.6. The van der Waals surface area contributed by atoms with Crippen LogP contribution in [0.4, 0.5) is 4.39 Å². The Morgan fingerprint density at radius 1 is 1.02 bits per heavy atom. The van der Waals surface area contributed by atoms with Gasteiger partial charge >= 0.3 is 0 Å². The molecule has 2 heterocycles. The number of benzene rings is 3. The Morgan fingerprint density at radius 3 is 2.48 bits per heavy atom. The van der Waals surface area contributed by atoms with E-state index in [0.29, 0.717) is 45.1 Å². The van der Waals surface area contributed by atoms with E-state index < -0.39 is 23.4 Å². The second-order valence-corrected chi connectivity index (χ2v) is 9.56. The highest BCUT2D eigenvalue weighted by Crippen LogP contribution is 2.37. The molecule has 0 fully saturated rings. The van der Waals surface area contributed by atoms with Gasteiger partial charge in [-0.25, -0.2) is 9.07 Å². The van der Waals surface area contributed by atoms with E-state index in [1.165, 1.54) is 31.0 Å². The first-order valence-corrected chi connectivity index (χ1v) is 13.1. The summed E-state index contributed by atoms with van der Waals surface area (Å²) in [6.07, 6.45) is 0.585. The maximum atomic E-state index is 15.0. The van der Waals surface area contributed by atoms with Gasteiger partial charge in [-0.3, -0.25) is 19.7 Å². The lowest BCUT2D eigenvalue weighted by molar-refractivity contribution is 0.0914. The lowest BCUT2D eigenvalue weighted by Crippen LogP contribution is -2.36. The summed E-state index contributed by atoms with van der Waals surface area (Å²) in [4.78, 5) is 29.9. The molecule has 0 aliphatic carbocycles. The van der Waals surface area contributed by atoms with Gasteiger partial charge in [-0.15, -0.1) is 0 Å². The van der Waals surface area contributed by atoms with Crippen molar-refractivity contribution in [2.75, 3.05) is 20.8 Å². The fourth-order valence-electron chi connectivity index (χ4n) is 4.63. The second kappa shape index (κ2) is 12.1. The Kier molecular flexibility index (Phi) is 8.21. The van der Waals surface area contributed by atoms with E-state index in [1.54, 1.807) is 61.7 Å². The third-order valence-corrected chi connectivity index (χ3v) is 6.71. The molecule has 0 saturated heterocycles. The van der Waals surface area contributed by atoms with E-state index in [2.05, 4.69) is 15.4 Å². The molecule has 1 atom stereocenters. The Morgan fingerprint density at radius 2 is 1.76 bits per heavy atom. The number of halogens is 1. The van der Waals surface area contributed by atoms with Crippen LogP contribution in [0.5, 0.6) is 23.0 Å². The van der Waals surface area contributed by atoms with Gasteiger partial charge in [0.05, 0.1) is 31.5 Å². The monoisotopic (exact) mass is 572 g/mol. The van der Waals surface area contributed by atoms with Gasteiger partial charge in [0.1, 0.15) is 11.3 Å². The molecule has 11 heteroatoms. The number of fused-ring (bicyclic) bond motifs is 1. The van der Waals surface area contributed by atoms with Crippen LogP contribution in [-0.4, -0.2) is 52.6 Å². The topological polar surface area (TPSA) is 128 Å². The lowest BCUT2D eigenvalue weighted by atomic mass is 10.1. The fourth-order valence-corrected chi connectivity index (χ4v) is 4.63. The number of aromatic nitrogens is 3. The molecule has 5 rings (SSSR count). The Bertz CT molecular complexity index is 1800. The van der Waals surface area contributed by atoms with Gasteiger partial charge in [0.25, 0.3) is 11.5 Å². The lowest BCUT2D eigenvalue weighted by Gasteiger charge is -2.14. The SMILES string of the molecule is COc1cc2nccc(Oc3ccc(C[C@@H](O)CNC(=O)c4c(C)[nH]n(-c5ccccc5)c4=O)cc3F)c2cc1OC. The molecule has 3 aromatic carbocycles. The molecule has 0 saturated carbocycles. The molecule has 2 aromatic heterocycles. The van der Waals surface area contributed by atoms with Crippen molar-refractivity contribution < 1.29 is 28.5 Å². The number of aromatic amines is 1. The maximum absolute atomic E-state index is 15.0. The molecule has 3 N–H and O–H groups in total. The zero-order valence-corrected chi connectivity index (χ0v) is 23.2. The third kappa shape index (κ3) is 5.81. The van der Waals surface area contributed by atoms with Crippen molar-refractivity contribution in [2.45, 2.75) is 19.4 Å². The number of carbonyl (C=O) groups excluding carboxylic acids is 1. The summed E-state index contributed by atoms with van der Waals surface area (Å²) in [6.45, 7) is 1.49. The number of H-pyrrole nitrogens is 1. The van der Waals surface area contributed by atoms with E-state index in [1.807, 2.05) is 6.07 Å². The van der Waals surface area contributed by atoms with Gasteiger partial charge < -0.3 is 24.6 Å². The van der Waals surface area contributed by atoms with Crippen molar-refractivity contribution in [2.24, 2.45) is 0 Å². The number of amides is 1. The zero-order valence-electron chi connectivity index (χ0n) is 23.2. The molecule has 0 bridgehead atoms. The van der Waals surface area contributed by atoms with E-state index in [-0.39, 0.29) is 24.3 Å². The predicted molar refractivity (Wildman–Crippen MR) is 154 cm³/mol. The first-order valence-electron chi connectivity index (χ1n) is 13.1. The summed E-state index contributed by atoms with van der Waals surface area (Å²) >= 11 is 0. The zero-order chi connectivity index (χ0) is 29.8. The predicted octanol–water partition coefficient (Wildman–Crippen LogP) is 4.30. The minimum atomic E-state index is -1.03. The molecule has 216 valence electrons. The summed E-state index contributed by atoms with van der Waals surface area (Å²) in [6, 6.07) is 18.3. The van der Waals surface area contributed by atoms with Gasteiger partial charge in [0.2, 0.25) is 0 Å². The standard InChI is InChI=1S/C31H29FN4O6/c1-18-29(31(39)36(35-18)20-7-5-4-6-8-20)30(38)34-17-21(37)13-19-9-10-26(23(32)14-19)42-25-11-12-33-24-16-28(41-3)27(40-2)15-22(24)25/h4-12,14-16,21,35,37H,13,17H2,1-3H3,(H,34,38)/t21-/m1/s1. The van der Waals surface area contributed by atoms with Crippen LogP contribution in [0.3, 0.4) is 0 Å². The van der Waals surface area contributed by atoms with Crippen LogP contribution in [0.1, 0.15) is 21.6 Å². The van der Waals surface area contributed by atoms with Crippen LogP contribution in [-0.2, 0) is 6.42 Å². The number of ether oxygens (including phenoxy) is 3. The molecule has 0 aliphatic heterocycles. The van der Waals surface area contributed by atoms with Gasteiger partial charge in [0.15, 0.2) is 23.1 Å². The van der Waals surface area contributed by atoms with Crippen LogP contribution in [0, 0.1) is 12.7 Å². The normalized spacial score (nSPS) is 11.7. The van der Waals surface area contributed by atoms with E-state index in [0.717, 1.165) is 0 Å². The minimum Gasteiger partial charge on any atom is -0.493 e. The first kappa shape index (κ1) is 28.4. The molecular formula is C31H29FN4O6. The van der Waals surface area contributed by atoms with E-state index in [9.17, 15) is 14.7 Å². The van der Waals surface area contributed by atoms with E-state index in [4.69, 9.17) is 14.2 Å². The number of aliphatic hydroxyl groups excluding tert-OH is 1. The van der Waals surface area contributed by atoms with Crippen molar-refractivity contribution in [3.8, 4) is 28.7 Å². The molecule has 1 amide bonds. The Balaban J connectivity index is 1.24. The summed E-state index contributed by atoms with van der Waals surface area (Å²) in [7, 11) is 3.04. The smallest absolute Gasteiger partial charge is 0.284 e. The molecule has 0 aliphatic rings. The highest BCUT2D eigenvalue weighted by molar-refractivity contribution is 5.95. The largest absolute Gasteiger partial charge is 0.493 e. The van der Waals surface area contributed by atoms with Gasteiger partial charge in [-0.1, -0.05) is 24.3 Å². The number of nitrogens with zero attached hydrogens (tertiary/aromatic N) is 2. The fraction of sp³-hybridized carbons (Fsp3) is 0.194. The average Bonchev–Trinajstić information content (AvgIpc) is 3.30. The quantitative estimate of drug-likeness (QED) is 0.228. The second-order valence-electron chi connectivity index (χ2n) is 9.56. The van der Waals surface area contributed by atoms with Gasteiger partial charge in [-0.2, -0.15) is 0 Å².